The second kappa shape index (κ2) is 7.26. The fraction of sp³-hybridized carbons (Fsp3) is 0.429. The maximum Gasteiger partial charge on any atom is 0.323 e. The van der Waals surface area contributed by atoms with Crippen molar-refractivity contribution in [1.82, 2.24) is 9.80 Å². The van der Waals surface area contributed by atoms with E-state index in [0.717, 1.165) is 5.56 Å². The molecule has 1 rings (SSSR count). The molecule has 0 aliphatic rings. The van der Waals surface area contributed by atoms with E-state index >= 15 is 0 Å². The van der Waals surface area contributed by atoms with Crippen molar-refractivity contribution < 1.29 is 14.7 Å². The third-order valence-corrected chi connectivity index (χ3v) is 3.10. The van der Waals surface area contributed by atoms with Gasteiger partial charge in [0.15, 0.2) is 0 Å². The Bertz CT molecular complexity index is 503. The zero-order valence-electron chi connectivity index (χ0n) is 11.9. The van der Waals surface area contributed by atoms with Crippen LogP contribution < -0.4 is 0 Å². The number of likely N-dealkylation sites (N-methyl/N-ethyl adjacent to an activating group) is 1. The average Bonchev–Trinajstić information content (AvgIpc) is 2.36. The van der Waals surface area contributed by atoms with Crippen LogP contribution in [-0.4, -0.2) is 60.5 Å². The van der Waals surface area contributed by atoms with Gasteiger partial charge in [-0.15, -0.1) is 0 Å². The number of carbonyl (C=O) groups excluding carboxylic acids is 1. The Balaban J connectivity index is 2.96. The Hall–Kier alpha value is -1.59. The molecule has 0 bridgehead atoms. The summed E-state index contributed by atoms with van der Waals surface area (Å²) in [7, 11) is 3.74. The van der Waals surface area contributed by atoms with E-state index < -0.39 is 5.97 Å². The first-order chi connectivity index (χ1) is 9.31. The molecular formula is C14H19ClN2O3. The maximum atomic E-state index is 12.5. The molecule has 20 heavy (non-hydrogen) atoms. The van der Waals surface area contributed by atoms with Gasteiger partial charge >= 0.3 is 5.97 Å². The van der Waals surface area contributed by atoms with Crippen LogP contribution in [0.5, 0.6) is 0 Å². The van der Waals surface area contributed by atoms with Crippen LogP contribution in [0.3, 0.4) is 0 Å². The number of hydrogen-bond donors (Lipinski definition) is 1. The van der Waals surface area contributed by atoms with Crippen LogP contribution >= 0.6 is 11.6 Å². The molecule has 5 nitrogen and oxygen atoms in total. The largest absolute Gasteiger partial charge is 0.480 e. The molecule has 0 heterocycles. The Labute approximate surface area is 123 Å². The molecule has 1 amide bonds. The first kappa shape index (κ1) is 16.5. The van der Waals surface area contributed by atoms with Crippen LogP contribution in [0.25, 0.3) is 0 Å². The highest BCUT2D eigenvalue weighted by atomic mass is 35.5. The highest BCUT2D eigenvalue weighted by Gasteiger charge is 2.20. The second-order valence-electron chi connectivity index (χ2n) is 4.88. The van der Waals surface area contributed by atoms with Crippen molar-refractivity contribution in [3.8, 4) is 0 Å². The Kier molecular flexibility index (Phi) is 5.98. The molecule has 0 aliphatic carbocycles. The summed E-state index contributed by atoms with van der Waals surface area (Å²) in [5.41, 5.74) is 1.22. The fourth-order valence-corrected chi connectivity index (χ4v) is 1.90. The van der Waals surface area contributed by atoms with Crippen LogP contribution in [0.1, 0.15) is 15.9 Å². The van der Waals surface area contributed by atoms with Gasteiger partial charge in [-0.1, -0.05) is 17.7 Å². The molecule has 0 atom stereocenters. The number of aryl methyl sites for hydroxylation is 1. The maximum absolute atomic E-state index is 12.5. The molecule has 1 N–H and O–H groups in total. The molecule has 6 heteroatoms. The molecule has 0 saturated carbocycles. The smallest absolute Gasteiger partial charge is 0.323 e. The minimum Gasteiger partial charge on any atom is -0.480 e. The number of carboxylic acid groups (broad SMARTS) is 1. The van der Waals surface area contributed by atoms with Crippen molar-refractivity contribution in [3.05, 3.63) is 34.3 Å². The number of hydrogen-bond acceptors (Lipinski definition) is 3. The minimum absolute atomic E-state index is 0.311. The van der Waals surface area contributed by atoms with E-state index in [0.29, 0.717) is 23.7 Å². The van der Waals surface area contributed by atoms with Gasteiger partial charge in [0.1, 0.15) is 6.54 Å². The number of nitrogens with zero attached hydrogens (tertiary/aromatic N) is 2. The quantitative estimate of drug-likeness (QED) is 0.869. The number of amides is 1. The zero-order chi connectivity index (χ0) is 15.3. The molecule has 0 fully saturated rings. The van der Waals surface area contributed by atoms with Crippen LogP contribution in [0.15, 0.2) is 18.2 Å². The van der Waals surface area contributed by atoms with E-state index in [4.69, 9.17) is 16.7 Å². The highest BCUT2D eigenvalue weighted by Crippen LogP contribution is 2.17. The molecule has 1 aromatic rings. The lowest BCUT2D eigenvalue weighted by Crippen LogP contribution is -2.40. The standard InChI is InChI=1S/C14H19ClN2O3/c1-10-4-5-11(15)8-12(10)14(20)17(9-13(18)19)7-6-16(2)3/h4-5,8H,6-7,9H2,1-3H3,(H,18,19). The first-order valence-electron chi connectivity index (χ1n) is 6.23. The second-order valence-corrected chi connectivity index (χ2v) is 5.32. The monoisotopic (exact) mass is 298 g/mol. The third kappa shape index (κ3) is 4.83. The predicted molar refractivity (Wildman–Crippen MR) is 78.3 cm³/mol. The lowest BCUT2D eigenvalue weighted by atomic mass is 10.1. The van der Waals surface area contributed by atoms with Gasteiger partial charge in [-0.2, -0.15) is 0 Å². The molecule has 0 unspecified atom stereocenters. The summed E-state index contributed by atoms with van der Waals surface area (Å²) in [4.78, 5) is 26.6. The third-order valence-electron chi connectivity index (χ3n) is 2.86. The number of carboxylic acids is 1. The molecule has 1 aromatic carbocycles. The van der Waals surface area contributed by atoms with Gasteiger partial charge in [-0.3, -0.25) is 9.59 Å². The SMILES string of the molecule is Cc1ccc(Cl)cc1C(=O)N(CCN(C)C)CC(=O)O. The summed E-state index contributed by atoms with van der Waals surface area (Å²) in [5, 5.41) is 9.40. The van der Waals surface area contributed by atoms with Crippen LogP contribution in [-0.2, 0) is 4.79 Å². The Morgan fingerprint density at radius 3 is 2.45 bits per heavy atom. The Morgan fingerprint density at radius 2 is 1.90 bits per heavy atom. The summed E-state index contributed by atoms with van der Waals surface area (Å²) in [6.07, 6.45) is 0. The van der Waals surface area contributed by atoms with Gasteiger partial charge in [0.2, 0.25) is 0 Å². The van der Waals surface area contributed by atoms with Crippen molar-refractivity contribution in [2.45, 2.75) is 6.92 Å². The van der Waals surface area contributed by atoms with E-state index in [9.17, 15) is 9.59 Å². The number of benzene rings is 1. The van der Waals surface area contributed by atoms with Crippen LogP contribution in [0.2, 0.25) is 5.02 Å². The number of aliphatic carboxylic acids is 1. The molecule has 0 spiro atoms. The number of halogens is 1. The van der Waals surface area contributed by atoms with Crippen molar-refractivity contribution in [1.29, 1.82) is 0 Å². The molecule has 110 valence electrons. The van der Waals surface area contributed by atoms with E-state index in [-0.39, 0.29) is 12.5 Å². The summed E-state index contributed by atoms with van der Waals surface area (Å²) >= 11 is 5.90. The lowest BCUT2D eigenvalue weighted by molar-refractivity contribution is -0.137. The van der Waals surface area contributed by atoms with Crippen molar-refractivity contribution >= 4 is 23.5 Å². The average molecular weight is 299 g/mol. The predicted octanol–water partition coefficient (Wildman–Crippen LogP) is 1.74. The normalized spacial score (nSPS) is 10.7. The van der Waals surface area contributed by atoms with Crippen LogP contribution in [0, 0.1) is 6.92 Å². The molecule has 0 aliphatic heterocycles. The molecule has 0 aromatic heterocycles. The Morgan fingerprint density at radius 1 is 1.25 bits per heavy atom. The fourth-order valence-electron chi connectivity index (χ4n) is 1.73. The van der Waals surface area contributed by atoms with E-state index in [1.165, 1.54) is 4.90 Å². The van der Waals surface area contributed by atoms with Gasteiger partial charge in [-0.25, -0.2) is 0 Å². The first-order valence-corrected chi connectivity index (χ1v) is 6.61. The molecule has 0 radical (unpaired) electrons. The van der Waals surface area contributed by atoms with Gasteiger partial charge < -0.3 is 14.9 Å². The molecule has 0 saturated heterocycles. The number of carbonyl (C=O) groups is 2. The van der Waals surface area contributed by atoms with Crippen LogP contribution in [0.4, 0.5) is 0 Å². The van der Waals surface area contributed by atoms with Crippen molar-refractivity contribution in [3.63, 3.8) is 0 Å². The zero-order valence-corrected chi connectivity index (χ0v) is 12.6. The van der Waals surface area contributed by atoms with E-state index in [1.54, 1.807) is 25.1 Å². The summed E-state index contributed by atoms with van der Waals surface area (Å²) in [6, 6.07) is 5.03. The van der Waals surface area contributed by atoms with Crippen molar-refractivity contribution in [2.24, 2.45) is 0 Å². The van der Waals surface area contributed by atoms with E-state index in [1.807, 2.05) is 19.0 Å². The van der Waals surface area contributed by atoms with Crippen molar-refractivity contribution in [2.75, 3.05) is 33.7 Å². The van der Waals surface area contributed by atoms with E-state index in [2.05, 4.69) is 0 Å². The summed E-state index contributed by atoms with van der Waals surface area (Å²) < 4.78 is 0. The van der Waals surface area contributed by atoms with Gasteiger partial charge in [0.25, 0.3) is 5.91 Å². The summed E-state index contributed by atoms with van der Waals surface area (Å²) in [5.74, 6) is -1.34. The molecular weight excluding hydrogens is 280 g/mol. The summed E-state index contributed by atoms with van der Waals surface area (Å²) in [6.45, 7) is 2.43. The number of rotatable bonds is 6. The lowest BCUT2D eigenvalue weighted by Gasteiger charge is -2.23. The highest BCUT2D eigenvalue weighted by molar-refractivity contribution is 6.31. The topological polar surface area (TPSA) is 60.9 Å². The van der Waals surface area contributed by atoms with Gasteiger partial charge in [-0.05, 0) is 38.7 Å². The van der Waals surface area contributed by atoms with Gasteiger partial charge in [0.05, 0.1) is 0 Å². The van der Waals surface area contributed by atoms with Gasteiger partial charge in [0, 0.05) is 23.7 Å². The minimum atomic E-state index is -1.03.